The Morgan fingerprint density at radius 2 is 1.96 bits per heavy atom. The molecule has 4 heteroatoms. The van der Waals surface area contributed by atoms with Crippen LogP contribution in [0.3, 0.4) is 0 Å². The van der Waals surface area contributed by atoms with Gasteiger partial charge in [-0.1, -0.05) is 31.2 Å². The number of halogens is 1. The second kappa shape index (κ2) is 9.02. The van der Waals surface area contributed by atoms with E-state index in [0.29, 0.717) is 11.5 Å². The predicted molar refractivity (Wildman–Crippen MR) is 90.9 cm³/mol. The number of carbonyl (C=O) groups is 1. The first-order valence-electron chi connectivity index (χ1n) is 8.36. The van der Waals surface area contributed by atoms with E-state index in [1.165, 1.54) is 17.7 Å². The van der Waals surface area contributed by atoms with Gasteiger partial charge in [-0.15, -0.1) is 0 Å². The molecule has 0 aromatic heterocycles. The summed E-state index contributed by atoms with van der Waals surface area (Å²) in [5.41, 5.74) is 1.78. The first-order valence-corrected chi connectivity index (χ1v) is 8.36. The molecule has 1 saturated carbocycles. The van der Waals surface area contributed by atoms with Gasteiger partial charge in [-0.2, -0.15) is 9.65 Å². The molecule has 126 valence electrons. The van der Waals surface area contributed by atoms with Crippen LogP contribution in [0.5, 0.6) is 0 Å². The molecule has 0 radical (unpaired) electrons. The van der Waals surface area contributed by atoms with Crippen molar-refractivity contribution in [3.8, 4) is 6.07 Å². The highest BCUT2D eigenvalue weighted by molar-refractivity contribution is 5.89. The van der Waals surface area contributed by atoms with Crippen LogP contribution in [-0.2, 0) is 11.2 Å². The summed E-state index contributed by atoms with van der Waals surface area (Å²) >= 11 is 0. The lowest BCUT2D eigenvalue weighted by molar-refractivity contribution is 0.0185. The second-order valence-electron chi connectivity index (χ2n) is 6.00. The molecule has 1 aliphatic rings. The van der Waals surface area contributed by atoms with Crippen LogP contribution in [0.4, 0.5) is 4.39 Å². The SMILES string of the molecule is CCc1ccc(C(=O)OC2CCC(/C=C/C=C(F)C#N)CC2)cc1. The lowest BCUT2D eigenvalue weighted by Gasteiger charge is -2.26. The maximum atomic E-state index is 12.7. The highest BCUT2D eigenvalue weighted by Crippen LogP contribution is 2.28. The Hall–Kier alpha value is -2.41. The number of nitrogens with zero attached hydrogens (tertiary/aromatic N) is 1. The molecule has 1 aromatic carbocycles. The van der Waals surface area contributed by atoms with E-state index in [1.807, 2.05) is 30.3 Å². The number of allylic oxidation sites excluding steroid dienone is 4. The van der Waals surface area contributed by atoms with Gasteiger partial charge in [0.15, 0.2) is 5.83 Å². The molecule has 1 fully saturated rings. The molecule has 2 rings (SSSR count). The van der Waals surface area contributed by atoms with Crippen molar-refractivity contribution >= 4 is 5.97 Å². The summed E-state index contributed by atoms with van der Waals surface area (Å²) in [6.07, 6.45) is 8.96. The fourth-order valence-electron chi connectivity index (χ4n) is 2.83. The van der Waals surface area contributed by atoms with Crippen molar-refractivity contribution in [3.63, 3.8) is 0 Å². The highest BCUT2D eigenvalue weighted by Gasteiger charge is 2.23. The van der Waals surface area contributed by atoms with E-state index in [4.69, 9.17) is 10.00 Å². The smallest absolute Gasteiger partial charge is 0.338 e. The van der Waals surface area contributed by atoms with Crippen LogP contribution in [0.2, 0.25) is 0 Å². The first kappa shape index (κ1) is 17.9. The molecule has 0 saturated heterocycles. The molecule has 0 amide bonds. The molecule has 0 spiro atoms. The molecule has 0 atom stereocenters. The number of esters is 1. The van der Waals surface area contributed by atoms with Gasteiger partial charge < -0.3 is 4.74 Å². The summed E-state index contributed by atoms with van der Waals surface area (Å²) in [6.45, 7) is 2.07. The van der Waals surface area contributed by atoms with Crippen molar-refractivity contribution in [2.75, 3.05) is 0 Å². The van der Waals surface area contributed by atoms with Gasteiger partial charge >= 0.3 is 5.97 Å². The minimum absolute atomic E-state index is 0.0561. The van der Waals surface area contributed by atoms with E-state index in [9.17, 15) is 9.18 Å². The maximum absolute atomic E-state index is 12.7. The molecular weight excluding hydrogens is 305 g/mol. The Kier molecular flexibility index (Phi) is 6.74. The molecule has 1 aliphatic carbocycles. The van der Waals surface area contributed by atoms with E-state index in [1.54, 1.807) is 6.08 Å². The van der Waals surface area contributed by atoms with Gasteiger partial charge in [0, 0.05) is 0 Å². The lowest BCUT2D eigenvalue weighted by Crippen LogP contribution is -2.24. The van der Waals surface area contributed by atoms with Crippen LogP contribution in [-0.4, -0.2) is 12.1 Å². The third kappa shape index (κ3) is 5.34. The van der Waals surface area contributed by atoms with Gasteiger partial charge in [0.1, 0.15) is 12.2 Å². The third-order valence-electron chi connectivity index (χ3n) is 4.32. The zero-order valence-electron chi connectivity index (χ0n) is 13.9. The summed E-state index contributed by atoms with van der Waals surface area (Å²) in [4.78, 5) is 12.2. The Morgan fingerprint density at radius 3 is 2.54 bits per heavy atom. The Morgan fingerprint density at radius 1 is 1.29 bits per heavy atom. The zero-order valence-corrected chi connectivity index (χ0v) is 13.9. The lowest BCUT2D eigenvalue weighted by atomic mass is 9.87. The predicted octanol–water partition coefficient (Wildman–Crippen LogP) is 4.90. The number of hydrogen-bond acceptors (Lipinski definition) is 3. The molecule has 0 N–H and O–H groups in total. The van der Waals surface area contributed by atoms with Gasteiger partial charge in [-0.25, -0.2) is 4.79 Å². The van der Waals surface area contributed by atoms with E-state index in [2.05, 4.69) is 6.92 Å². The number of ether oxygens (including phenoxy) is 1. The quantitative estimate of drug-likeness (QED) is 0.439. The van der Waals surface area contributed by atoms with E-state index in [0.717, 1.165) is 32.1 Å². The van der Waals surface area contributed by atoms with Crippen molar-refractivity contribution in [3.05, 3.63) is 59.4 Å². The molecule has 0 aliphatic heterocycles. The largest absolute Gasteiger partial charge is 0.459 e. The summed E-state index contributed by atoms with van der Waals surface area (Å²) in [5.74, 6) is -0.717. The Balaban J connectivity index is 1.80. The van der Waals surface area contributed by atoms with Crippen molar-refractivity contribution in [2.45, 2.75) is 45.1 Å². The fourth-order valence-corrected chi connectivity index (χ4v) is 2.83. The fraction of sp³-hybridized carbons (Fsp3) is 0.400. The number of nitriles is 1. The van der Waals surface area contributed by atoms with Crippen LogP contribution in [0.25, 0.3) is 0 Å². The third-order valence-corrected chi connectivity index (χ3v) is 4.32. The standard InChI is InChI=1S/C20H22FNO2/c1-2-15-6-10-17(11-7-15)20(23)24-19-12-8-16(9-13-19)4-3-5-18(21)14-22/h3-7,10-11,16,19H,2,8-9,12-13H2,1H3/b4-3+,18-5?. The average Bonchev–Trinajstić information content (AvgIpc) is 2.63. The van der Waals surface area contributed by atoms with Gasteiger partial charge in [-0.3, -0.25) is 0 Å². The van der Waals surface area contributed by atoms with Crippen LogP contribution >= 0.6 is 0 Å². The Bertz CT molecular complexity index is 647. The Labute approximate surface area is 142 Å². The van der Waals surface area contributed by atoms with Crippen LogP contribution < -0.4 is 0 Å². The summed E-state index contributed by atoms with van der Waals surface area (Å²) in [7, 11) is 0. The maximum Gasteiger partial charge on any atom is 0.338 e. The molecular formula is C20H22FNO2. The second-order valence-corrected chi connectivity index (χ2v) is 6.00. The summed E-state index contributed by atoms with van der Waals surface area (Å²) < 4.78 is 18.3. The van der Waals surface area contributed by atoms with Gasteiger partial charge in [0.25, 0.3) is 0 Å². The topological polar surface area (TPSA) is 50.1 Å². The molecule has 0 bridgehead atoms. The summed E-state index contributed by atoms with van der Waals surface area (Å²) in [6, 6.07) is 8.96. The normalized spacial score (nSPS) is 21.5. The van der Waals surface area contributed by atoms with Crippen LogP contribution in [0.1, 0.15) is 48.5 Å². The highest BCUT2D eigenvalue weighted by atomic mass is 19.1. The number of carbonyl (C=O) groups excluding carboxylic acids is 1. The van der Waals surface area contributed by atoms with Crippen LogP contribution in [0.15, 0.2) is 48.3 Å². The average molecular weight is 327 g/mol. The van der Waals surface area contributed by atoms with E-state index in [-0.39, 0.29) is 12.1 Å². The molecule has 3 nitrogen and oxygen atoms in total. The van der Waals surface area contributed by atoms with Crippen LogP contribution in [0, 0.1) is 17.2 Å². The molecule has 24 heavy (non-hydrogen) atoms. The van der Waals surface area contributed by atoms with Gasteiger partial charge in [-0.05, 0) is 61.8 Å². The first-order chi connectivity index (χ1) is 11.6. The van der Waals surface area contributed by atoms with E-state index < -0.39 is 5.83 Å². The number of hydrogen-bond donors (Lipinski definition) is 0. The minimum Gasteiger partial charge on any atom is -0.459 e. The molecule has 0 unspecified atom stereocenters. The number of aryl methyl sites for hydroxylation is 1. The van der Waals surface area contributed by atoms with Crippen molar-refractivity contribution in [1.82, 2.24) is 0 Å². The number of benzene rings is 1. The van der Waals surface area contributed by atoms with Crippen molar-refractivity contribution < 1.29 is 13.9 Å². The molecule has 1 aromatic rings. The van der Waals surface area contributed by atoms with Crippen molar-refractivity contribution in [2.24, 2.45) is 5.92 Å². The minimum atomic E-state index is -0.789. The monoisotopic (exact) mass is 327 g/mol. The number of rotatable bonds is 5. The zero-order chi connectivity index (χ0) is 17.4. The molecule has 0 heterocycles. The van der Waals surface area contributed by atoms with Crippen molar-refractivity contribution in [1.29, 1.82) is 5.26 Å². The van der Waals surface area contributed by atoms with E-state index >= 15 is 0 Å². The van der Waals surface area contributed by atoms with Gasteiger partial charge in [0.05, 0.1) is 5.56 Å². The van der Waals surface area contributed by atoms with Gasteiger partial charge in [0.2, 0.25) is 0 Å². The summed E-state index contributed by atoms with van der Waals surface area (Å²) in [5, 5.41) is 8.34.